The van der Waals surface area contributed by atoms with Crippen molar-refractivity contribution in [2.24, 2.45) is 0 Å². The number of halogens is 1. The molecule has 5 heteroatoms. The van der Waals surface area contributed by atoms with Gasteiger partial charge in [-0.3, -0.25) is 0 Å². The number of benzene rings is 1. The van der Waals surface area contributed by atoms with Crippen LogP contribution in [0.3, 0.4) is 0 Å². The molecule has 0 amide bonds. The number of aliphatic hydroxyl groups excluding tert-OH is 1. The maximum Gasteiger partial charge on any atom is 0.167 e. The van der Waals surface area contributed by atoms with Gasteiger partial charge in [-0.25, -0.2) is 4.39 Å². The van der Waals surface area contributed by atoms with Crippen molar-refractivity contribution < 1.29 is 19.0 Å². The topological polar surface area (TPSA) is 50.7 Å². The molecule has 0 aliphatic carbocycles. The Labute approximate surface area is 99.4 Å². The van der Waals surface area contributed by atoms with E-state index in [2.05, 4.69) is 5.32 Å². The Bertz CT molecular complexity index is 386. The van der Waals surface area contributed by atoms with Crippen LogP contribution < -0.4 is 10.1 Å². The third kappa shape index (κ3) is 2.87. The number of anilines is 1. The monoisotopic (exact) mass is 241 g/mol. The SMILES string of the molecule is CCOc1ccc(NC2COCC2O)cc1F. The van der Waals surface area contributed by atoms with Crippen molar-refractivity contribution in [3.05, 3.63) is 24.0 Å². The lowest BCUT2D eigenvalue weighted by atomic mass is 10.2. The Kier molecular flexibility index (Phi) is 3.81. The predicted molar refractivity (Wildman–Crippen MR) is 61.8 cm³/mol. The Hall–Kier alpha value is -1.33. The van der Waals surface area contributed by atoms with E-state index in [-0.39, 0.29) is 11.8 Å². The Balaban J connectivity index is 2.04. The highest BCUT2D eigenvalue weighted by molar-refractivity contribution is 5.48. The zero-order valence-electron chi connectivity index (χ0n) is 9.65. The lowest BCUT2D eigenvalue weighted by Crippen LogP contribution is -2.31. The van der Waals surface area contributed by atoms with E-state index in [9.17, 15) is 9.50 Å². The summed E-state index contributed by atoms with van der Waals surface area (Å²) < 4.78 is 23.8. The van der Waals surface area contributed by atoms with Gasteiger partial charge in [0.15, 0.2) is 11.6 Å². The minimum atomic E-state index is -0.551. The van der Waals surface area contributed by atoms with E-state index >= 15 is 0 Å². The minimum Gasteiger partial charge on any atom is -0.491 e. The normalized spacial score (nSPS) is 23.7. The molecular formula is C12H16FNO3. The highest BCUT2D eigenvalue weighted by Gasteiger charge is 2.25. The molecular weight excluding hydrogens is 225 g/mol. The van der Waals surface area contributed by atoms with E-state index in [0.717, 1.165) is 0 Å². The molecule has 1 heterocycles. The smallest absolute Gasteiger partial charge is 0.167 e. The van der Waals surface area contributed by atoms with Crippen LogP contribution in [0.4, 0.5) is 10.1 Å². The van der Waals surface area contributed by atoms with Gasteiger partial charge in [0.25, 0.3) is 0 Å². The van der Waals surface area contributed by atoms with Crippen molar-refractivity contribution in [2.75, 3.05) is 25.1 Å². The van der Waals surface area contributed by atoms with Gasteiger partial charge in [-0.05, 0) is 19.1 Å². The molecule has 2 N–H and O–H groups in total. The standard InChI is InChI=1S/C12H16FNO3/c1-2-17-12-4-3-8(5-9(12)13)14-10-6-16-7-11(10)15/h3-5,10-11,14-15H,2,6-7H2,1H3. The first-order valence-electron chi connectivity index (χ1n) is 5.65. The molecule has 94 valence electrons. The molecule has 0 saturated carbocycles. The van der Waals surface area contributed by atoms with E-state index in [1.54, 1.807) is 19.1 Å². The molecule has 2 unspecified atom stereocenters. The van der Waals surface area contributed by atoms with E-state index in [0.29, 0.717) is 25.5 Å². The van der Waals surface area contributed by atoms with Crippen molar-refractivity contribution in [2.45, 2.75) is 19.1 Å². The average molecular weight is 241 g/mol. The molecule has 1 aliphatic heterocycles. The fourth-order valence-electron chi connectivity index (χ4n) is 1.76. The molecule has 4 nitrogen and oxygen atoms in total. The summed E-state index contributed by atoms with van der Waals surface area (Å²) in [7, 11) is 0. The number of ether oxygens (including phenoxy) is 2. The van der Waals surface area contributed by atoms with E-state index in [1.807, 2.05) is 0 Å². The van der Waals surface area contributed by atoms with Crippen LogP contribution in [0.25, 0.3) is 0 Å². The third-order valence-electron chi connectivity index (χ3n) is 2.63. The quantitative estimate of drug-likeness (QED) is 0.836. The Morgan fingerprint density at radius 1 is 1.53 bits per heavy atom. The van der Waals surface area contributed by atoms with E-state index in [1.165, 1.54) is 6.07 Å². The molecule has 1 saturated heterocycles. The number of nitrogens with one attached hydrogen (secondary N) is 1. The van der Waals surface area contributed by atoms with Gasteiger partial charge in [0.2, 0.25) is 0 Å². The fourth-order valence-corrected chi connectivity index (χ4v) is 1.76. The van der Waals surface area contributed by atoms with Crippen LogP contribution in [-0.4, -0.2) is 37.1 Å². The zero-order chi connectivity index (χ0) is 12.3. The number of aliphatic hydroxyl groups is 1. The third-order valence-corrected chi connectivity index (χ3v) is 2.63. The summed E-state index contributed by atoms with van der Waals surface area (Å²) in [5.41, 5.74) is 0.612. The molecule has 2 rings (SSSR count). The van der Waals surface area contributed by atoms with Crippen molar-refractivity contribution in [3.63, 3.8) is 0 Å². The summed E-state index contributed by atoms with van der Waals surface area (Å²) in [5, 5.41) is 12.6. The maximum atomic E-state index is 13.5. The summed E-state index contributed by atoms with van der Waals surface area (Å²) in [4.78, 5) is 0. The highest BCUT2D eigenvalue weighted by atomic mass is 19.1. The Morgan fingerprint density at radius 2 is 2.35 bits per heavy atom. The Morgan fingerprint density at radius 3 is 2.94 bits per heavy atom. The second-order valence-electron chi connectivity index (χ2n) is 3.93. The van der Waals surface area contributed by atoms with Crippen molar-refractivity contribution in [1.29, 1.82) is 0 Å². The first-order valence-corrected chi connectivity index (χ1v) is 5.65. The number of hydrogen-bond acceptors (Lipinski definition) is 4. The molecule has 1 aliphatic rings. The predicted octanol–water partition coefficient (Wildman–Crippen LogP) is 1.40. The molecule has 1 aromatic carbocycles. The van der Waals surface area contributed by atoms with Crippen LogP contribution in [0, 0.1) is 5.82 Å². The fraction of sp³-hybridized carbons (Fsp3) is 0.500. The van der Waals surface area contributed by atoms with E-state index in [4.69, 9.17) is 9.47 Å². The van der Waals surface area contributed by atoms with E-state index < -0.39 is 11.9 Å². The first kappa shape index (κ1) is 12.1. The van der Waals surface area contributed by atoms with Crippen LogP contribution >= 0.6 is 0 Å². The summed E-state index contributed by atoms with van der Waals surface area (Å²) in [6.45, 7) is 2.98. The second-order valence-corrected chi connectivity index (χ2v) is 3.93. The van der Waals surface area contributed by atoms with Crippen LogP contribution in [-0.2, 0) is 4.74 Å². The van der Waals surface area contributed by atoms with Gasteiger partial charge in [0.05, 0.1) is 32.0 Å². The van der Waals surface area contributed by atoms with Gasteiger partial charge in [0, 0.05) is 11.8 Å². The second kappa shape index (κ2) is 5.33. The van der Waals surface area contributed by atoms with Gasteiger partial charge in [-0.15, -0.1) is 0 Å². The van der Waals surface area contributed by atoms with Gasteiger partial charge >= 0.3 is 0 Å². The lowest BCUT2D eigenvalue weighted by molar-refractivity contribution is 0.125. The summed E-state index contributed by atoms with van der Waals surface area (Å²) in [6, 6.07) is 4.46. The van der Waals surface area contributed by atoms with Gasteiger partial charge < -0.3 is 19.9 Å². The van der Waals surface area contributed by atoms with Crippen LogP contribution in [0.15, 0.2) is 18.2 Å². The molecule has 0 spiro atoms. The molecule has 0 aromatic heterocycles. The molecule has 17 heavy (non-hydrogen) atoms. The lowest BCUT2D eigenvalue weighted by Gasteiger charge is -2.16. The van der Waals surface area contributed by atoms with Crippen molar-refractivity contribution >= 4 is 5.69 Å². The number of rotatable bonds is 4. The molecule has 0 bridgehead atoms. The summed E-state index contributed by atoms with van der Waals surface area (Å²) in [6.07, 6.45) is -0.551. The largest absolute Gasteiger partial charge is 0.491 e. The molecule has 1 fully saturated rings. The van der Waals surface area contributed by atoms with Gasteiger partial charge in [-0.1, -0.05) is 0 Å². The van der Waals surface area contributed by atoms with Crippen molar-refractivity contribution in [3.8, 4) is 5.75 Å². The van der Waals surface area contributed by atoms with Crippen molar-refractivity contribution in [1.82, 2.24) is 0 Å². The highest BCUT2D eigenvalue weighted by Crippen LogP contribution is 2.22. The van der Waals surface area contributed by atoms with Gasteiger partial charge in [-0.2, -0.15) is 0 Å². The number of hydrogen-bond donors (Lipinski definition) is 2. The zero-order valence-corrected chi connectivity index (χ0v) is 9.65. The average Bonchev–Trinajstić information content (AvgIpc) is 2.69. The molecule has 0 radical (unpaired) electrons. The van der Waals surface area contributed by atoms with Crippen LogP contribution in [0.5, 0.6) is 5.75 Å². The van der Waals surface area contributed by atoms with Crippen LogP contribution in [0.1, 0.15) is 6.92 Å². The molecule has 1 aromatic rings. The summed E-state index contributed by atoms with van der Waals surface area (Å²) >= 11 is 0. The van der Waals surface area contributed by atoms with Crippen LogP contribution in [0.2, 0.25) is 0 Å². The first-order chi connectivity index (χ1) is 8.20. The summed E-state index contributed by atoms with van der Waals surface area (Å²) in [5.74, 6) is -0.175. The molecule has 2 atom stereocenters. The van der Waals surface area contributed by atoms with Gasteiger partial charge in [0.1, 0.15) is 0 Å². The minimum absolute atomic E-state index is 0.188. The maximum absolute atomic E-state index is 13.5.